The van der Waals surface area contributed by atoms with Crippen LogP contribution in [-0.4, -0.2) is 47.4 Å². The minimum atomic E-state index is -0.849. The van der Waals surface area contributed by atoms with Gasteiger partial charge < -0.3 is 20.3 Å². The number of hydrogen-bond donors (Lipinski definition) is 3. The lowest BCUT2D eigenvalue weighted by atomic mass is 10.0. The summed E-state index contributed by atoms with van der Waals surface area (Å²) in [6, 6.07) is -0.633. The van der Waals surface area contributed by atoms with Crippen LogP contribution in [0, 0.1) is 0 Å². The fourth-order valence-corrected chi connectivity index (χ4v) is 11.5. The van der Waals surface area contributed by atoms with Crippen LogP contribution in [-0.2, 0) is 14.3 Å². The Morgan fingerprint density at radius 1 is 0.333 bits per heavy atom. The summed E-state index contributed by atoms with van der Waals surface area (Å²) in [5.74, 6) is -0.0565. The Morgan fingerprint density at radius 2 is 0.580 bits per heavy atom. The van der Waals surface area contributed by atoms with Gasteiger partial charge in [0.05, 0.1) is 25.4 Å². The Hall–Kier alpha value is -1.92. The maximum Gasteiger partial charge on any atom is 0.305 e. The van der Waals surface area contributed by atoms with Crippen molar-refractivity contribution >= 4 is 11.9 Å². The van der Waals surface area contributed by atoms with Crippen LogP contribution in [0.1, 0.15) is 406 Å². The molecule has 0 aromatic heterocycles. The van der Waals surface area contributed by atoms with Crippen LogP contribution in [0.2, 0.25) is 0 Å². The van der Waals surface area contributed by atoms with Crippen molar-refractivity contribution in [1.82, 2.24) is 5.32 Å². The van der Waals surface area contributed by atoms with E-state index in [4.69, 9.17) is 4.74 Å². The minimum Gasteiger partial charge on any atom is -0.466 e. The number of hydrogen-bond acceptors (Lipinski definition) is 5. The third-order valence-corrected chi connectivity index (χ3v) is 17.1. The van der Waals surface area contributed by atoms with Gasteiger partial charge >= 0.3 is 5.97 Å². The molecule has 0 aromatic rings. The highest BCUT2D eigenvalue weighted by Gasteiger charge is 2.18. The Balaban J connectivity index is 3.41. The van der Waals surface area contributed by atoms with Crippen LogP contribution >= 0.6 is 0 Å². The van der Waals surface area contributed by atoms with E-state index in [9.17, 15) is 19.8 Å². The van der Waals surface area contributed by atoms with Gasteiger partial charge in [-0.2, -0.15) is 0 Å². The lowest BCUT2D eigenvalue weighted by molar-refractivity contribution is -0.143. The summed E-state index contributed by atoms with van der Waals surface area (Å²) in [6.07, 6.45) is 90.8. The number of carbonyl (C=O) groups is 2. The molecule has 6 heteroatoms. The van der Waals surface area contributed by atoms with Crippen molar-refractivity contribution in [3.63, 3.8) is 0 Å². The fourth-order valence-electron chi connectivity index (χ4n) is 11.5. The maximum absolute atomic E-state index is 12.5. The van der Waals surface area contributed by atoms with Gasteiger partial charge in [-0.3, -0.25) is 9.59 Å². The summed E-state index contributed by atoms with van der Waals surface area (Å²) in [4.78, 5) is 24.6. The molecule has 2 unspecified atom stereocenters. The van der Waals surface area contributed by atoms with E-state index >= 15 is 0 Å². The third-order valence-electron chi connectivity index (χ3n) is 17.1. The molecule has 0 aliphatic heterocycles. The van der Waals surface area contributed by atoms with E-state index in [0.717, 1.165) is 44.9 Å². The van der Waals surface area contributed by atoms with E-state index in [1.165, 1.54) is 334 Å². The average molecular weight is 1140 g/mol. The van der Waals surface area contributed by atoms with E-state index in [-0.39, 0.29) is 18.5 Å². The Bertz CT molecular complexity index is 1310. The van der Waals surface area contributed by atoms with Gasteiger partial charge in [0, 0.05) is 12.8 Å². The quantitative estimate of drug-likeness (QED) is 0.0320. The van der Waals surface area contributed by atoms with Crippen molar-refractivity contribution in [2.45, 2.75) is 418 Å². The number of carbonyl (C=O) groups excluding carboxylic acids is 2. The van der Waals surface area contributed by atoms with Crippen molar-refractivity contribution in [3.05, 3.63) is 36.5 Å². The SMILES string of the molecule is CCCCCCCC/C=C\CCCCCCCCCCCC(=O)OCCCCCCCCCCCCCC/C=C\CCCCCCCCCCC(=O)NC(CO)C(O)/C=C/CCCCCCCCCCCCCCCCCCCCC. The summed E-state index contributed by atoms with van der Waals surface area (Å²) in [6.45, 7) is 4.94. The Kier molecular flexibility index (Phi) is 68.9. The smallest absolute Gasteiger partial charge is 0.305 e. The number of aliphatic hydroxyl groups is 2. The van der Waals surface area contributed by atoms with E-state index in [1.54, 1.807) is 6.08 Å². The number of rotatable bonds is 69. The highest BCUT2D eigenvalue weighted by molar-refractivity contribution is 5.76. The van der Waals surface area contributed by atoms with Gasteiger partial charge in [0.15, 0.2) is 0 Å². The van der Waals surface area contributed by atoms with E-state index < -0.39 is 12.1 Å². The molecule has 0 aliphatic carbocycles. The first-order chi connectivity index (χ1) is 40.0. The molecular weight excluding hydrogens is 995 g/mol. The number of nitrogens with one attached hydrogen (secondary N) is 1. The molecule has 478 valence electrons. The number of unbranched alkanes of at least 4 members (excludes halogenated alkanes) is 54. The van der Waals surface area contributed by atoms with Crippen LogP contribution in [0.15, 0.2) is 36.5 Å². The van der Waals surface area contributed by atoms with Gasteiger partial charge in [-0.15, -0.1) is 0 Å². The second kappa shape index (κ2) is 70.6. The lowest BCUT2D eigenvalue weighted by Gasteiger charge is -2.20. The molecule has 6 nitrogen and oxygen atoms in total. The van der Waals surface area contributed by atoms with Gasteiger partial charge in [-0.1, -0.05) is 346 Å². The Morgan fingerprint density at radius 3 is 0.877 bits per heavy atom. The number of amides is 1. The molecule has 0 radical (unpaired) electrons. The lowest BCUT2D eigenvalue weighted by Crippen LogP contribution is -2.45. The van der Waals surface area contributed by atoms with Gasteiger partial charge in [0.25, 0.3) is 0 Å². The number of esters is 1. The molecule has 0 bridgehead atoms. The van der Waals surface area contributed by atoms with Crippen molar-refractivity contribution in [2.24, 2.45) is 0 Å². The summed E-state index contributed by atoms with van der Waals surface area (Å²) in [5, 5.41) is 23.3. The molecule has 0 saturated heterocycles. The van der Waals surface area contributed by atoms with Crippen molar-refractivity contribution in [2.75, 3.05) is 13.2 Å². The second-order valence-corrected chi connectivity index (χ2v) is 25.3. The largest absolute Gasteiger partial charge is 0.466 e. The monoisotopic (exact) mass is 1140 g/mol. The molecule has 81 heavy (non-hydrogen) atoms. The van der Waals surface area contributed by atoms with E-state index in [0.29, 0.717) is 19.4 Å². The van der Waals surface area contributed by atoms with E-state index in [2.05, 4.69) is 43.5 Å². The fraction of sp³-hybridized carbons (Fsp3) is 0.893. The molecule has 2 atom stereocenters. The zero-order valence-corrected chi connectivity index (χ0v) is 54.8. The van der Waals surface area contributed by atoms with Crippen LogP contribution in [0.25, 0.3) is 0 Å². The van der Waals surface area contributed by atoms with Gasteiger partial charge in [0.2, 0.25) is 5.91 Å². The highest BCUT2D eigenvalue weighted by atomic mass is 16.5. The standard InChI is InChI=1S/C75H143NO5/c1-3-5-7-9-11-13-15-17-19-21-23-28-32-35-39-43-47-51-55-59-63-67-73(78)72(71-77)76-74(79)68-64-60-56-52-48-44-40-36-33-29-26-24-25-27-30-34-38-42-46-50-54-58-62-66-70-81-75(80)69-65-61-57-53-49-45-41-37-31-22-20-18-16-14-12-10-8-6-4-2/h18,20,26,29,63,67,72-73,77-78H,3-17,19,21-25,27-28,30-62,64-66,68-71H2,1-2H3,(H,76,79)/b20-18-,29-26-,67-63+. The predicted molar refractivity (Wildman–Crippen MR) is 356 cm³/mol. The van der Waals surface area contributed by atoms with E-state index in [1.807, 2.05) is 6.08 Å². The second-order valence-electron chi connectivity index (χ2n) is 25.3. The molecule has 0 heterocycles. The number of ether oxygens (including phenoxy) is 1. The average Bonchev–Trinajstić information content (AvgIpc) is 3.47. The van der Waals surface area contributed by atoms with Gasteiger partial charge in [0.1, 0.15) is 0 Å². The van der Waals surface area contributed by atoms with Crippen molar-refractivity contribution in [1.29, 1.82) is 0 Å². The number of allylic oxidation sites excluding steroid dienone is 5. The first-order valence-corrected chi connectivity index (χ1v) is 36.8. The van der Waals surface area contributed by atoms with Crippen LogP contribution in [0.3, 0.4) is 0 Å². The zero-order valence-electron chi connectivity index (χ0n) is 54.8. The molecule has 1 amide bonds. The molecule has 0 rings (SSSR count). The molecule has 0 aromatic carbocycles. The summed E-state index contributed by atoms with van der Waals surface area (Å²) in [7, 11) is 0. The highest BCUT2D eigenvalue weighted by Crippen LogP contribution is 2.18. The Labute approximate surface area is 506 Å². The summed E-state index contributed by atoms with van der Waals surface area (Å²) >= 11 is 0. The van der Waals surface area contributed by atoms with Crippen LogP contribution in [0.5, 0.6) is 0 Å². The first kappa shape index (κ1) is 79.1. The molecule has 3 N–H and O–H groups in total. The summed E-state index contributed by atoms with van der Waals surface area (Å²) in [5.41, 5.74) is 0. The van der Waals surface area contributed by atoms with Gasteiger partial charge in [-0.05, 0) is 83.5 Å². The molecule has 0 saturated carbocycles. The first-order valence-electron chi connectivity index (χ1n) is 36.8. The zero-order chi connectivity index (χ0) is 58.5. The molecule has 0 spiro atoms. The third kappa shape index (κ3) is 67.1. The molecular formula is C75H143NO5. The number of aliphatic hydroxyl groups excluding tert-OH is 2. The summed E-state index contributed by atoms with van der Waals surface area (Å²) < 4.78 is 5.51. The van der Waals surface area contributed by atoms with Crippen molar-refractivity contribution < 1.29 is 24.5 Å². The predicted octanol–water partition coefficient (Wildman–Crippen LogP) is 23.9. The topological polar surface area (TPSA) is 95.9 Å². The normalized spacial score (nSPS) is 12.7. The van der Waals surface area contributed by atoms with Crippen LogP contribution in [0.4, 0.5) is 0 Å². The molecule has 0 fully saturated rings. The van der Waals surface area contributed by atoms with Crippen molar-refractivity contribution in [3.8, 4) is 0 Å². The maximum atomic E-state index is 12.5. The molecule has 0 aliphatic rings. The van der Waals surface area contributed by atoms with Crippen LogP contribution < -0.4 is 5.32 Å². The van der Waals surface area contributed by atoms with Gasteiger partial charge in [-0.25, -0.2) is 0 Å². The minimum absolute atomic E-state index is 0.0123.